The summed E-state index contributed by atoms with van der Waals surface area (Å²) in [6.45, 7) is 4.10. The molecule has 0 spiro atoms. The van der Waals surface area contributed by atoms with Crippen molar-refractivity contribution in [2.45, 2.75) is 25.3 Å². The molecule has 0 aliphatic carbocycles. The number of aryl methyl sites for hydroxylation is 2. The highest BCUT2D eigenvalue weighted by molar-refractivity contribution is 7.92. The van der Waals surface area contributed by atoms with Gasteiger partial charge in [0.1, 0.15) is 5.82 Å². The fourth-order valence-electron chi connectivity index (χ4n) is 2.69. The first-order chi connectivity index (χ1) is 12.4. The molecule has 0 aliphatic rings. The Bertz CT molecular complexity index is 997. The van der Waals surface area contributed by atoms with Gasteiger partial charge in [-0.1, -0.05) is 42.0 Å². The van der Waals surface area contributed by atoms with Gasteiger partial charge in [0.05, 0.1) is 17.1 Å². The maximum atomic E-state index is 13.2. The Hall–Kier alpha value is -2.66. The molecule has 5 heteroatoms. The van der Waals surface area contributed by atoms with E-state index in [9.17, 15) is 12.8 Å². The normalized spacial score (nSPS) is 11.3. The molecule has 3 aromatic rings. The largest absolute Gasteiger partial charge is 0.264 e. The lowest BCUT2D eigenvalue weighted by molar-refractivity contribution is 0.589. The van der Waals surface area contributed by atoms with Crippen LogP contribution in [0.15, 0.2) is 77.7 Å². The van der Waals surface area contributed by atoms with Crippen molar-refractivity contribution in [3.63, 3.8) is 0 Å². The molecule has 3 rings (SSSR count). The Balaban J connectivity index is 2.07. The van der Waals surface area contributed by atoms with E-state index in [1.807, 2.05) is 56.3 Å². The highest BCUT2D eigenvalue weighted by Gasteiger charge is 2.25. The molecule has 0 radical (unpaired) electrons. The second-order valence-electron chi connectivity index (χ2n) is 6.29. The second kappa shape index (κ2) is 7.30. The number of hydrogen-bond donors (Lipinski definition) is 0. The minimum Gasteiger partial charge on any atom is -0.262 e. The van der Waals surface area contributed by atoms with Gasteiger partial charge in [0.2, 0.25) is 0 Å². The monoisotopic (exact) mass is 369 g/mol. The van der Waals surface area contributed by atoms with Crippen LogP contribution in [0.5, 0.6) is 0 Å². The highest BCUT2D eigenvalue weighted by Crippen LogP contribution is 2.27. The van der Waals surface area contributed by atoms with E-state index in [2.05, 4.69) is 0 Å². The van der Waals surface area contributed by atoms with Crippen LogP contribution in [0, 0.1) is 19.7 Å². The summed E-state index contributed by atoms with van der Waals surface area (Å²) in [6.07, 6.45) is 0. The molecule has 0 aromatic heterocycles. The minimum absolute atomic E-state index is 0.0625. The molecule has 0 saturated heterocycles. The van der Waals surface area contributed by atoms with Gasteiger partial charge in [0.25, 0.3) is 10.0 Å². The van der Waals surface area contributed by atoms with E-state index < -0.39 is 15.8 Å². The summed E-state index contributed by atoms with van der Waals surface area (Å²) in [6, 6.07) is 20.0. The van der Waals surface area contributed by atoms with Crippen molar-refractivity contribution in [2.24, 2.45) is 0 Å². The zero-order chi connectivity index (χ0) is 18.7. The van der Waals surface area contributed by atoms with Gasteiger partial charge >= 0.3 is 0 Å². The first kappa shape index (κ1) is 18.1. The number of hydrogen-bond acceptors (Lipinski definition) is 2. The van der Waals surface area contributed by atoms with Crippen molar-refractivity contribution in [2.75, 3.05) is 4.31 Å². The smallest absolute Gasteiger partial charge is 0.262 e. The first-order valence-electron chi connectivity index (χ1n) is 8.27. The topological polar surface area (TPSA) is 37.4 Å². The van der Waals surface area contributed by atoms with E-state index in [1.165, 1.54) is 16.4 Å². The van der Waals surface area contributed by atoms with Crippen molar-refractivity contribution in [1.82, 2.24) is 0 Å². The summed E-state index contributed by atoms with van der Waals surface area (Å²) >= 11 is 0. The summed E-state index contributed by atoms with van der Waals surface area (Å²) in [4.78, 5) is 0.0625. The van der Waals surface area contributed by atoms with Crippen molar-refractivity contribution in [3.05, 3.63) is 95.3 Å². The van der Waals surface area contributed by atoms with E-state index in [1.54, 1.807) is 6.07 Å². The van der Waals surface area contributed by atoms with Gasteiger partial charge in [-0.25, -0.2) is 12.8 Å². The molecule has 0 N–H and O–H groups in total. The van der Waals surface area contributed by atoms with Gasteiger partial charge in [0, 0.05) is 0 Å². The zero-order valence-corrected chi connectivity index (χ0v) is 15.5. The number of benzene rings is 3. The van der Waals surface area contributed by atoms with Crippen LogP contribution < -0.4 is 4.31 Å². The molecular formula is C21H20FNO2S. The quantitative estimate of drug-likeness (QED) is 0.645. The lowest BCUT2D eigenvalue weighted by Gasteiger charge is -2.25. The molecule has 0 fully saturated rings. The Kier molecular flexibility index (Phi) is 5.09. The van der Waals surface area contributed by atoms with Crippen molar-refractivity contribution in [1.29, 1.82) is 0 Å². The summed E-state index contributed by atoms with van der Waals surface area (Å²) in [5.74, 6) is -0.468. The third-order valence-corrected chi connectivity index (χ3v) is 5.93. The molecular weight excluding hydrogens is 349 g/mol. The Morgan fingerprint density at radius 1 is 0.846 bits per heavy atom. The molecule has 0 amide bonds. The predicted molar refractivity (Wildman–Crippen MR) is 102 cm³/mol. The van der Waals surface area contributed by atoms with E-state index >= 15 is 0 Å². The van der Waals surface area contributed by atoms with Crippen molar-refractivity contribution >= 4 is 15.7 Å². The lowest BCUT2D eigenvalue weighted by atomic mass is 10.1. The van der Waals surface area contributed by atoms with Crippen LogP contribution in [0.3, 0.4) is 0 Å². The van der Waals surface area contributed by atoms with Crippen LogP contribution in [-0.2, 0) is 16.6 Å². The Labute approximate surface area is 153 Å². The number of nitrogens with zero attached hydrogens (tertiary/aromatic N) is 1. The fraction of sp³-hybridized carbons (Fsp3) is 0.143. The number of rotatable bonds is 5. The maximum absolute atomic E-state index is 13.2. The summed E-state index contributed by atoms with van der Waals surface area (Å²) in [5.41, 5.74) is 3.53. The van der Waals surface area contributed by atoms with Gasteiger partial charge in [0.15, 0.2) is 0 Å². The minimum atomic E-state index is -3.83. The van der Waals surface area contributed by atoms with Gasteiger partial charge in [-0.3, -0.25) is 4.31 Å². The summed E-state index contributed by atoms with van der Waals surface area (Å²) in [7, 11) is -3.83. The zero-order valence-electron chi connectivity index (χ0n) is 14.7. The van der Waals surface area contributed by atoms with Crippen LogP contribution in [0.25, 0.3) is 0 Å². The maximum Gasteiger partial charge on any atom is 0.264 e. The molecule has 0 heterocycles. The number of halogens is 1. The summed E-state index contributed by atoms with van der Waals surface area (Å²) < 4.78 is 41.0. The van der Waals surface area contributed by atoms with Gasteiger partial charge in [-0.15, -0.1) is 0 Å². The average molecular weight is 369 g/mol. The molecule has 0 bridgehead atoms. The van der Waals surface area contributed by atoms with Gasteiger partial charge < -0.3 is 0 Å². The van der Waals surface area contributed by atoms with Crippen LogP contribution in [0.4, 0.5) is 10.1 Å². The molecule has 0 saturated carbocycles. The van der Waals surface area contributed by atoms with E-state index in [-0.39, 0.29) is 11.4 Å². The molecule has 134 valence electrons. The van der Waals surface area contributed by atoms with Crippen LogP contribution >= 0.6 is 0 Å². The van der Waals surface area contributed by atoms with E-state index in [0.717, 1.165) is 28.8 Å². The van der Waals surface area contributed by atoms with E-state index in [0.29, 0.717) is 5.69 Å². The molecule has 3 nitrogen and oxygen atoms in total. The first-order valence-corrected chi connectivity index (χ1v) is 9.71. The van der Waals surface area contributed by atoms with Crippen LogP contribution in [0.1, 0.15) is 16.7 Å². The van der Waals surface area contributed by atoms with Crippen molar-refractivity contribution < 1.29 is 12.8 Å². The average Bonchev–Trinajstić information content (AvgIpc) is 2.61. The van der Waals surface area contributed by atoms with Crippen molar-refractivity contribution in [3.8, 4) is 0 Å². The molecule has 3 aromatic carbocycles. The van der Waals surface area contributed by atoms with Crippen LogP contribution in [-0.4, -0.2) is 8.42 Å². The Morgan fingerprint density at radius 2 is 1.50 bits per heavy atom. The molecule has 26 heavy (non-hydrogen) atoms. The fourth-order valence-corrected chi connectivity index (χ4v) is 4.14. The third kappa shape index (κ3) is 3.94. The standard InChI is InChI=1S/C21H20FNO2S/c1-16-6-8-18(9-7-16)15-23(20-5-3-4-17(2)14-20)26(24,25)21-12-10-19(22)11-13-21/h3-14H,15H2,1-2H3. The number of anilines is 1. The number of sulfonamides is 1. The Morgan fingerprint density at radius 3 is 2.12 bits per heavy atom. The molecule has 0 atom stereocenters. The van der Waals surface area contributed by atoms with Gasteiger partial charge in [-0.05, 0) is 61.4 Å². The lowest BCUT2D eigenvalue weighted by Crippen LogP contribution is -2.30. The molecule has 0 aliphatic heterocycles. The summed E-state index contributed by atoms with van der Waals surface area (Å²) in [5, 5.41) is 0. The second-order valence-corrected chi connectivity index (χ2v) is 8.15. The molecule has 0 unspecified atom stereocenters. The van der Waals surface area contributed by atoms with E-state index in [4.69, 9.17) is 0 Å². The predicted octanol–water partition coefficient (Wildman–Crippen LogP) is 4.84. The van der Waals surface area contributed by atoms with Gasteiger partial charge in [-0.2, -0.15) is 0 Å². The highest BCUT2D eigenvalue weighted by atomic mass is 32.2. The van der Waals surface area contributed by atoms with Crippen LogP contribution in [0.2, 0.25) is 0 Å². The third-order valence-electron chi connectivity index (χ3n) is 4.14. The SMILES string of the molecule is Cc1ccc(CN(c2cccc(C)c2)S(=O)(=O)c2ccc(F)cc2)cc1.